The molecule has 1 N–H and O–H groups in total. The van der Waals surface area contributed by atoms with Crippen molar-refractivity contribution in [3.63, 3.8) is 0 Å². The van der Waals surface area contributed by atoms with E-state index < -0.39 is 0 Å². The van der Waals surface area contributed by atoms with Gasteiger partial charge in [0.25, 0.3) is 0 Å². The zero-order chi connectivity index (χ0) is 11.4. The number of nitrogens with one attached hydrogen (secondary N) is 1. The first-order chi connectivity index (χ1) is 7.79. The minimum Gasteiger partial charge on any atom is -0.310 e. The summed E-state index contributed by atoms with van der Waals surface area (Å²) < 4.78 is 1.75. The molecule has 88 valence electrons. The second-order valence-electron chi connectivity index (χ2n) is 4.73. The molecule has 16 heavy (non-hydrogen) atoms. The minimum absolute atomic E-state index is 0.620. The van der Waals surface area contributed by atoms with Crippen LogP contribution >= 0.6 is 0 Å². The van der Waals surface area contributed by atoms with Gasteiger partial charge in [-0.15, -0.1) is 0 Å². The summed E-state index contributed by atoms with van der Waals surface area (Å²) in [6.07, 6.45) is 11.2. The summed E-state index contributed by atoms with van der Waals surface area (Å²) in [4.78, 5) is 0. The van der Waals surface area contributed by atoms with Crippen molar-refractivity contribution in [2.24, 2.45) is 5.92 Å². The first-order valence-corrected chi connectivity index (χ1v) is 6.18. The van der Waals surface area contributed by atoms with Crippen LogP contribution in [0.4, 0.5) is 0 Å². The number of nitrogens with zero attached hydrogens (tertiary/aromatic N) is 2. The molecule has 3 nitrogen and oxygen atoms in total. The molecule has 0 unspecified atom stereocenters. The van der Waals surface area contributed by atoms with Crippen LogP contribution in [0.3, 0.4) is 0 Å². The van der Waals surface area contributed by atoms with E-state index in [0.717, 1.165) is 12.5 Å². The molecule has 1 aliphatic carbocycles. The van der Waals surface area contributed by atoms with Crippen molar-refractivity contribution >= 4 is 6.20 Å². The summed E-state index contributed by atoms with van der Waals surface area (Å²) >= 11 is 0. The third-order valence-corrected chi connectivity index (χ3v) is 3.58. The molecule has 3 heteroatoms. The topological polar surface area (TPSA) is 29.9 Å². The van der Waals surface area contributed by atoms with Crippen LogP contribution in [-0.4, -0.2) is 15.8 Å². The Kier molecular flexibility index (Phi) is 3.78. The molecule has 1 aliphatic rings. The monoisotopic (exact) mass is 219 g/mol. The molecule has 0 bridgehead atoms. The fourth-order valence-electron chi connectivity index (χ4n) is 2.47. The van der Waals surface area contributed by atoms with Gasteiger partial charge in [0, 0.05) is 30.5 Å². The Morgan fingerprint density at radius 2 is 2.38 bits per heavy atom. The average Bonchev–Trinajstić information content (AvgIpc) is 2.96. The summed E-state index contributed by atoms with van der Waals surface area (Å²) in [6, 6.07) is 0.620. The van der Waals surface area contributed by atoms with Gasteiger partial charge in [-0.25, -0.2) is 4.68 Å². The van der Waals surface area contributed by atoms with Crippen LogP contribution in [0.25, 0.3) is 6.20 Å². The number of aromatic nitrogens is 2. The van der Waals surface area contributed by atoms with E-state index in [1.165, 1.54) is 31.2 Å². The molecule has 0 amide bonds. The number of hydrogen-bond acceptors (Lipinski definition) is 2. The van der Waals surface area contributed by atoms with Crippen molar-refractivity contribution in [3.8, 4) is 0 Å². The summed E-state index contributed by atoms with van der Waals surface area (Å²) in [7, 11) is 0. The summed E-state index contributed by atoms with van der Waals surface area (Å²) in [5, 5.41) is 7.76. The van der Waals surface area contributed by atoms with Crippen LogP contribution in [0.15, 0.2) is 19.0 Å². The first-order valence-electron chi connectivity index (χ1n) is 6.18. The van der Waals surface area contributed by atoms with Crippen LogP contribution in [0, 0.1) is 5.92 Å². The highest BCUT2D eigenvalue weighted by atomic mass is 15.2. The Labute approximate surface area is 97.5 Å². The van der Waals surface area contributed by atoms with Gasteiger partial charge >= 0.3 is 0 Å². The van der Waals surface area contributed by atoms with Crippen LogP contribution in [0.2, 0.25) is 0 Å². The smallest absolute Gasteiger partial charge is 0.0538 e. The molecule has 0 spiro atoms. The van der Waals surface area contributed by atoms with Crippen LogP contribution in [-0.2, 0) is 6.54 Å². The van der Waals surface area contributed by atoms with E-state index in [1.807, 2.05) is 12.4 Å². The standard InChI is InChI=1S/C13H21N3/c1-3-16-10-12(9-15-16)8-14-11(2)13-6-4-5-7-13/h3,9-11,13-14H,1,4-8H2,2H3/t11-/m0/s1. The molecule has 1 heterocycles. The Hall–Kier alpha value is -1.09. The maximum atomic E-state index is 4.17. The number of rotatable bonds is 5. The van der Waals surface area contributed by atoms with Gasteiger partial charge in [-0.05, 0) is 25.7 Å². The van der Waals surface area contributed by atoms with E-state index in [9.17, 15) is 0 Å². The number of hydrogen-bond donors (Lipinski definition) is 1. The lowest BCUT2D eigenvalue weighted by Crippen LogP contribution is -2.31. The van der Waals surface area contributed by atoms with Gasteiger partial charge in [-0.2, -0.15) is 5.10 Å². The molecular formula is C13H21N3. The molecule has 1 atom stereocenters. The predicted molar refractivity (Wildman–Crippen MR) is 66.9 cm³/mol. The molecule has 0 aromatic carbocycles. The van der Waals surface area contributed by atoms with E-state index in [0.29, 0.717) is 6.04 Å². The zero-order valence-corrected chi connectivity index (χ0v) is 10.0. The van der Waals surface area contributed by atoms with Crippen molar-refractivity contribution in [2.75, 3.05) is 0 Å². The summed E-state index contributed by atoms with van der Waals surface area (Å²) in [5.74, 6) is 0.870. The van der Waals surface area contributed by atoms with Crippen LogP contribution in [0.1, 0.15) is 38.2 Å². The summed E-state index contributed by atoms with van der Waals surface area (Å²) in [5.41, 5.74) is 1.23. The zero-order valence-electron chi connectivity index (χ0n) is 10.0. The van der Waals surface area contributed by atoms with Crippen molar-refractivity contribution in [1.29, 1.82) is 0 Å². The third kappa shape index (κ3) is 2.73. The lowest BCUT2D eigenvalue weighted by Gasteiger charge is -2.19. The van der Waals surface area contributed by atoms with Gasteiger partial charge < -0.3 is 5.32 Å². The molecule has 1 aromatic heterocycles. The van der Waals surface area contributed by atoms with Crippen LogP contribution in [0.5, 0.6) is 0 Å². The average molecular weight is 219 g/mol. The van der Waals surface area contributed by atoms with Gasteiger partial charge in [0.1, 0.15) is 0 Å². The lowest BCUT2D eigenvalue weighted by atomic mass is 10.00. The molecule has 1 saturated carbocycles. The second kappa shape index (κ2) is 5.30. The summed E-state index contributed by atoms with van der Waals surface area (Å²) in [6.45, 7) is 6.89. The van der Waals surface area contributed by atoms with E-state index in [2.05, 4.69) is 23.9 Å². The highest BCUT2D eigenvalue weighted by Crippen LogP contribution is 2.27. The fraction of sp³-hybridized carbons (Fsp3) is 0.615. The molecular weight excluding hydrogens is 198 g/mol. The van der Waals surface area contributed by atoms with Crippen molar-refractivity contribution in [3.05, 3.63) is 24.5 Å². The van der Waals surface area contributed by atoms with Gasteiger partial charge in [0.15, 0.2) is 0 Å². The Morgan fingerprint density at radius 3 is 3.00 bits per heavy atom. The van der Waals surface area contributed by atoms with Gasteiger partial charge in [0.2, 0.25) is 0 Å². The Morgan fingerprint density at radius 1 is 1.62 bits per heavy atom. The second-order valence-corrected chi connectivity index (χ2v) is 4.73. The van der Waals surface area contributed by atoms with E-state index in [1.54, 1.807) is 10.9 Å². The van der Waals surface area contributed by atoms with Gasteiger partial charge in [0.05, 0.1) is 6.20 Å². The highest BCUT2D eigenvalue weighted by molar-refractivity contribution is 5.17. The molecule has 1 aromatic rings. The normalized spacial score (nSPS) is 18.8. The molecule has 0 radical (unpaired) electrons. The third-order valence-electron chi connectivity index (χ3n) is 3.58. The molecule has 0 saturated heterocycles. The predicted octanol–water partition coefficient (Wildman–Crippen LogP) is 2.65. The van der Waals surface area contributed by atoms with Crippen molar-refractivity contribution < 1.29 is 0 Å². The quantitative estimate of drug-likeness (QED) is 0.825. The Balaban J connectivity index is 1.79. The maximum Gasteiger partial charge on any atom is 0.0538 e. The lowest BCUT2D eigenvalue weighted by molar-refractivity contribution is 0.380. The first kappa shape index (κ1) is 11.4. The van der Waals surface area contributed by atoms with E-state index >= 15 is 0 Å². The van der Waals surface area contributed by atoms with E-state index in [-0.39, 0.29) is 0 Å². The largest absolute Gasteiger partial charge is 0.310 e. The maximum absolute atomic E-state index is 4.17. The van der Waals surface area contributed by atoms with Gasteiger partial charge in [-0.3, -0.25) is 0 Å². The SMILES string of the molecule is C=Cn1cc(CN[C@@H](C)C2CCCC2)cn1. The highest BCUT2D eigenvalue weighted by Gasteiger charge is 2.20. The molecule has 1 fully saturated rings. The fourth-order valence-corrected chi connectivity index (χ4v) is 2.47. The van der Waals surface area contributed by atoms with Crippen LogP contribution < -0.4 is 5.32 Å². The molecule has 0 aliphatic heterocycles. The van der Waals surface area contributed by atoms with Crippen molar-refractivity contribution in [1.82, 2.24) is 15.1 Å². The Bertz CT molecular complexity index is 337. The van der Waals surface area contributed by atoms with E-state index in [4.69, 9.17) is 0 Å². The minimum atomic E-state index is 0.620. The van der Waals surface area contributed by atoms with Gasteiger partial charge in [-0.1, -0.05) is 19.4 Å². The molecule has 2 rings (SSSR count). The van der Waals surface area contributed by atoms with Crippen molar-refractivity contribution in [2.45, 2.75) is 45.2 Å².